The Morgan fingerprint density at radius 2 is 2.11 bits per heavy atom. The highest BCUT2D eigenvalue weighted by Gasteiger charge is 2.32. The molecule has 0 radical (unpaired) electrons. The summed E-state index contributed by atoms with van der Waals surface area (Å²) >= 11 is 0. The molecule has 0 saturated carbocycles. The molecule has 1 aromatic carbocycles. The Hall–Kier alpha value is -2.41. The minimum atomic E-state index is -0.894. The van der Waals surface area contributed by atoms with Crippen LogP contribution in [0.3, 0.4) is 0 Å². The highest BCUT2D eigenvalue weighted by atomic mass is 16.5. The number of ether oxygens (including phenoxy) is 1. The molecule has 1 atom stereocenters. The fraction of sp³-hybridized carbons (Fsp3) is 0.571. The number of likely N-dealkylation sites (tertiary alicyclic amines) is 1. The molecule has 1 aliphatic heterocycles. The predicted octanol–water partition coefficient (Wildman–Crippen LogP) is 2.50. The first-order chi connectivity index (χ1) is 13.5. The third kappa shape index (κ3) is 5.55. The Balaban J connectivity index is 1.46. The molecule has 0 bridgehead atoms. The molecular formula is C21H30N4O3. The van der Waals surface area contributed by atoms with Crippen LogP contribution >= 0.6 is 0 Å². The van der Waals surface area contributed by atoms with Gasteiger partial charge in [-0.1, -0.05) is 6.07 Å². The van der Waals surface area contributed by atoms with Gasteiger partial charge in [0.05, 0.1) is 0 Å². The van der Waals surface area contributed by atoms with Gasteiger partial charge in [-0.05, 0) is 62.8 Å². The van der Waals surface area contributed by atoms with Crippen molar-refractivity contribution in [2.24, 2.45) is 0 Å². The number of amides is 1. The average Bonchev–Trinajstić information content (AvgIpc) is 3.11. The first-order valence-corrected chi connectivity index (χ1v) is 9.98. The van der Waals surface area contributed by atoms with E-state index in [2.05, 4.69) is 23.9 Å². The Morgan fingerprint density at radius 1 is 1.25 bits per heavy atom. The van der Waals surface area contributed by atoms with E-state index in [1.807, 2.05) is 23.1 Å². The van der Waals surface area contributed by atoms with Gasteiger partial charge in [0.25, 0.3) is 0 Å². The van der Waals surface area contributed by atoms with Crippen molar-refractivity contribution in [2.45, 2.75) is 58.1 Å². The highest BCUT2D eigenvalue weighted by molar-refractivity contribution is 5.76. The van der Waals surface area contributed by atoms with Crippen LogP contribution in [0.25, 0.3) is 0 Å². The standard InChI is InChI=1S/C21H30N4O3/c1-17-6-7-19(13-18(17)2)28-14-21(27)8-4-10-24(12-9-21)20(26)5-3-11-25-16-22-15-23-25/h6-7,13,15-16,27H,3-5,8-12,14H2,1-2H3. The number of nitrogens with zero attached hydrogens (tertiary/aromatic N) is 4. The molecule has 1 aliphatic rings. The molecule has 2 aromatic rings. The van der Waals surface area contributed by atoms with Crippen molar-refractivity contribution in [3.05, 3.63) is 42.0 Å². The topological polar surface area (TPSA) is 80.5 Å². The third-order valence-electron chi connectivity index (χ3n) is 5.50. The Bertz CT molecular complexity index is 778. The van der Waals surface area contributed by atoms with Crippen LogP contribution in [0.5, 0.6) is 5.75 Å². The lowest BCUT2D eigenvalue weighted by molar-refractivity contribution is -0.131. The van der Waals surface area contributed by atoms with Crippen LogP contribution in [0.15, 0.2) is 30.9 Å². The molecule has 3 rings (SSSR count). The smallest absolute Gasteiger partial charge is 0.222 e. The van der Waals surface area contributed by atoms with Gasteiger partial charge in [-0.15, -0.1) is 0 Å². The van der Waals surface area contributed by atoms with Gasteiger partial charge in [0.1, 0.15) is 30.6 Å². The quantitative estimate of drug-likeness (QED) is 0.791. The number of carbonyl (C=O) groups excluding carboxylic acids is 1. The lowest BCUT2D eigenvalue weighted by Crippen LogP contribution is -2.38. The molecule has 152 valence electrons. The summed E-state index contributed by atoms with van der Waals surface area (Å²) in [5.41, 5.74) is 1.50. The maximum atomic E-state index is 12.5. The van der Waals surface area contributed by atoms with E-state index in [-0.39, 0.29) is 12.5 Å². The molecule has 0 spiro atoms. The summed E-state index contributed by atoms with van der Waals surface area (Å²) in [5.74, 6) is 0.918. The van der Waals surface area contributed by atoms with Gasteiger partial charge in [-0.25, -0.2) is 4.98 Å². The van der Waals surface area contributed by atoms with E-state index in [0.29, 0.717) is 38.9 Å². The third-order valence-corrected chi connectivity index (χ3v) is 5.50. The van der Waals surface area contributed by atoms with E-state index in [1.54, 1.807) is 11.0 Å². The summed E-state index contributed by atoms with van der Waals surface area (Å²) in [6.45, 7) is 6.31. The van der Waals surface area contributed by atoms with Crippen LogP contribution in [-0.4, -0.2) is 56.0 Å². The summed E-state index contributed by atoms with van der Waals surface area (Å²) < 4.78 is 7.61. The lowest BCUT2D eigenvalue weighted by atomic mass is 9.96. The maximum absolute atomic E-state index is 12.5. The van der Waals surface area contributed by atoms with Crippen LogP contribution in [0.1, 0.15) is 43.2 Å². The van der Waals surface area contributed by atoms with Crippen molar-refractivity contribution in [3.8, 4) is 5.75 Å². The molecule has 7 nitrogen and oxygen atoms in total. The minimum Gasteiger partial charge on any atom is -0.491 e. The van der Waals surface area contributed by atoms with Crippen LogP contribution in [0, 0.1) is 13.8 Å². The fourth-order valence-corrected chi connectivity index (χ4v) is 3.49. The summed E-state index contributed by atoms with van der Waals surface area (Å²) in [4.78, 5) is 18.3. The number of hydrogen-bond acceptors (Lipinski definition) is 5. The first-order valence-electron chi connectivity index (χ1n) is 9.98. The molecule has 1 fully saturated rings. The van der Waals surface area contributed by atoms with Gasteiger partial charge in [-0.2, -0.15) is 5.10 Å². The Labute approximate surface area is 166 Å². The second kappa shape index (κ2) is 9.19. The minimum absolute atomic E-state index is 0.138. The molecule has 0 aliphatic carbocycles. The van der Waals surface area contributed by atoms with Crippen molar-refractivity contribution in [2.75, 3.05) is 19.7 Å². The number of aromatic nitrogens is 3. The van der Waals surface area contributed by atoms with Crippen molar-refractivity contribution in [3.63, 3.8) is 0 Å². The summed E-state index contributed by atoms with van der Waals surface area (Å²) in [6.07, 6.45) is 6.33. The lowest BCUT2D eigenvalue weighted by Gasteiger charge is -2.27. The van der Waals surface area contributed by atoms with E-state index in [1.165, 1.54) is 17.5 Å². The van der Waals surface area contributed by atoms with Gasteiger partial charge < -0.3 is 14.7 Å². The number of carbonyl (C=O) groups is 1. The first kappa shape index (κ1) is 20.3. The van der Waals surface area contributed by atoms with E-state index in [9.17, 15) is 9.90 Å². The average molecular weight is 386 g/mol. The van der Waals surface area contributed by atoms with Gasteiger partial charge in [0, 0.05) is 26.1 Å². The monoisotopic (exact) mass is 386 g/mol. The van der Waals surface area contributed by atoms with Crippen LogP contribution in [-0.2, 0) is 11.3 Å². The highest BCUT2D eigenvalue weighted by Crippen LogP contribution is 2.25. The van der Waals surface area contributed by atoms with Gasteiger partial charge in [0.2, 0.25) is 5.91 Å². The van der Waals surface area contributed by atoms with Crippen molar-refractivity contribution < 1.29 is 14.6 Å². The van der Waals surface area contributed by atoms with Crippen LogP contribution < -0.4 is 4.74 Å². The zero-order chi connectivity index (χ0) is 20.0. The Morgan fingerprint density at radius 3 is 2.86 bits per heavy atom. The summed E-state index contributed by atoms with van der Waals surface area (Å²) in [7, 11) is 0. The summed E-state index contributed by atoms with van der Waals surface area (Å²) in [6, 6.07) is 5.97. The van der Waals surface area contributed by atoms with Crippen molar-refractivity contribution >= 4 is 5.91 Å². The number of benzene rings is 1. The van der Waals surface area contributed by atoms with E-state index in [0.717, 1.165) is 18.6 Å². The van der Waals surface area contributed by atoms with E-state index >= 15 is 0 Å². The second-order valence-corrected chi connectivity index (χ2v) is 7.76. The van der Waals surface area contributed by atoms with Gasteiger partial charge in [0.15, 0.2) is 0 Å². The molecule has 28 heavy (non-hydrogen) atoms. The maximum Gasteiger partial charge on any atom is 0.222 e. The molecule has 7 heteroatoms. The van der Waals surface area contributed by atoms with Crippen LogP contribution in [0.4, 0.5) is 0 Å². The number of aryl methyl sites for hydroxylation is 3. The van der Waals surface area contributed by atoms with E-state index in [4.69, 9.17) is 4.74 Å². The van der Waals surface area contributed by atoms with Crippen LogP contribution in [0.2, 0.25) is 0 Å². The van der Waals surface area contributed by atoms with E-state index < -0.39 is 5.60 Å². The molecule has 1 unspecified atom stereocenters. The number of aliphatic hydroxyl groups is 1. The Kier molecular flexibility index (Phi) is 6.67. The zero-order valence-electron chi connectivity index (χ0n) is 16.8. The summed E-state index contributed by atoms with van der Waals surface area (Å²) in [5, 5.41) is 15.0. The molecule has 1 amide bonds. The fourth-order valence-electron chi connectivity index (χ4n) is 3.49. The molecule has 1 aromatic heterocycles. The van der Waals surface area contributed by atoms with Gasteiger partial charge >= 0.3 is 0 Å². The molecule has 2 heterocycles. The normalized spacial score (nSPS) is 20.0. The second-order valence-electron chi connectivity index (χ2n) is 7.76. The van der Waals surface area contributed by atoms with Crippen molar-refractivity contribution in [1.82, 2.24) is 19.7 Å². The zero-order valence-corrected chi connectivity index (χ0v) is 16.8. The predicted molar refractivity (Wildman–Crippen MR) is 106 cm³/mol. The molecular weight excluding hydrogens is 356 g/mol. The number of hydrogen-bond donors (Lipinski definition) is 1. The molecule has 1 saturated heterocycles. The molecule has 1 N–H and O–H groups in total. The number of rotatable bonds is 7. The SMILES string of the molecule is Cc1ccc(OCC2(O)CCCN(C(=O)CCCn3cncn3)CC2)cc1C. The van der Waals surface area contributed by atoms with Gasteiger partial charge in [-0.3, -0.25) is 9.48 Å². The largest absolute Gasteiger partial charge is 0.491 e. The van der Waals surface area contributed by atoms with Crippen molar-refractivity contribution in [1.29, 1.82) is 0 Å².